The molecule has 0 unspecified atom stereocenters. The molecule has 1 amide bonds. The van der Waals surface area contributed by atoms with Crippen molar-refractivity contribution in [2.75, 3.05) is 25.0 Å². The van der Waals surface area contributed by atoms with Crippen molar-refractivity contribution in [2.45, 2.75) is 31.7 Å². The van der Waals surface area contributed by atoms with Gasteiger partial charge in [-0.1, -0.05) is 11.6 Å². The van der Waals surface area contributed by atoms with Crippen LogP contribution in [0.1, 0.15) is 35.4 Å². The van der Waals surface area contributed by atoms with Crippen molar-refractivity contribution in [1.82, 2.24) is 20.2 Å². The Morgan fingerprint density at radius 1 is 1.19 bits per heavy atom. The number of rotatable bonds is 6. The van der Waals surface area contributed by atoms with E-state index >= 15 is 0 Å². The first kappa shape index (κ1) is 20.6. The molecular formula is C22H23ClFN5OS. The van der Waals surface area contributed by atoms with Gasteiger partial charge in [0.15, 0.2) is 0 Å². The Bertz CT molecular complexity index is 1110. The lowest BCUT2D eigenvalue weighted by atomic mass is 10.0. The zero-order chi connectivity index (χ0) is 21.4. The van der Waals surface area contributed by atoms with Gasteiger partial charge in [-0.05, 0) is 55.9 Å². The lowest BCUT2D eigenvalue weighted by molar-refractivity contribution is 0.0914. The number of carbonyl (C=O) groups is 1. The number of anilines is 2. The first-order chi connectivity index (χ1) is 15.0. The maximum absolute atomic E-state index is 13.4. The number of aromatic nitrogens is 2. The van der Waals surface area contributed by atoms with Crippen molar-refractivity contribution in [3.8, 4) is 0 Å². The van der Waals surface area contributed by atoms with Crippen LogP contribution in [0, 0.1) is 11.7 Å². The Kier molecular flexibility index (Phi) is 5.77. The average Bonchev–Trinajstić information content (AvgIpc) is 3.46. The molecule has 3 heterocycles. The summed E-state index contributed by atoms with van der Waals surface area (Å²) in [5, 5.41) is 7.11. The Morgan fingerprint density at radius 2 is 2.00 bits per heavy atom. The molecule has 0 spiro atoms. The second kappa shape index (κ2) is 8.68. The molecule has 2 aromatic heterocycles. The molecular weight excluding hydrogens is 437 g/mol. The van der Waals surface area contributed by atoms with Gasteiger partial charge in [0, 0.05) is 31.4 Å². The third-order valence-corrected chi connectivity index (χ3v) is 7.20. The lowest BCUT2D eigenvalue weighted by Gasteiger charge is -2.32. The van der Waals surface area contributed by atoms with Gasteiger partial charge in [-0.3, -0.25) is 4.79 Å². The summed E-state index contributed by atoms with van der Waals surface area (Å²) in [5.41, 5.74) is 0.613. The molecule has 5 rings (SSSR count). The highest BCUT2D eigenvalue weighted by molar-refractivity contribution is 7.20. The minimum Gasteiger partial charge on any atom is -0.349 e. The summed E-state index contributed by atoms with van der Waals surface area (Å²) in [6.45, 7) is 3.31. The topological polar surface area (TPSA) is 70.2 Å². The second-order valence-corrected chi connectivity index (χ2v) is 9.74. The fraction of sp³-hybridized carbons (Fsp3) is 0.409. The summed E-state index contributed by atoms with van der Waals surface area (Å²) in [6.07, 6.45) is 6.17. The number of likely N-dealkylation sites (tertiary alicyclic amines) is 1. The predicted octanol–water partition coefficient (Wildman–Crippen LogP) is 4.83. The molecule has 6 nitrogen and oxygen atoms in total. The maximum atomic E-state index is 13.4. The third-order valence-electron chi connectivity index (χ3n) is 5.87. The Hall–Kier alpha value is -2.29. The molecule has 0 radical (unpaired) electrons. The zero-order valence-electron chi connectivity index (χ0n) is 16.9. The maximum Gasteiger partial charge on any atom is 0.261 e. The van der Waals surface area contributed by atoms with Crippen LogP contribution < -0.4 is 10.6 Å². The standard InChI is InChI=1S/C22H23ClFN5OS/c23-17-9-15(3-4-18(17)24)27-20-16-10-19(31-22(16)26-12-25-20)21(30)28-14-5-7-29(8-6-14)11-13-1-2-13/h3-4,9-10,12-14H,1-2,5-8,11H2,(H,28,30)(H,25,26,27). The number of halogens is 2. The molecule has 3 aromatic rings. The molecule has 2 aliphatic rings. The molecule has 1 saturated carbocycles. The summed E-state index contributed by atoms with van der Waals surface area (Å²) in [5.74, 6) is 0.906. The van der Waals surface area contributed by atoms with E-state index in [0.717, 1.165) is 42.1 Å². The summed E-state index contributed by atoms with van der Waals surface area (Å²) in [4.78, 5) is 25.3. The number of nitrogens with one attached hydrogen (secondary N) is 2. The highest BCUT2D eigenvalue weighted by Gasteiger charge is 2.28. The zero-order valence-corrected chi connectivity index (χ0v) is 18.5. The van der Waals surface area contributed by atoms with E-state index in [4.69, 9.17) is 11.6 Å². The monoisotopic (exact) mass is 459 g/mol. The van der Waals surface area contributed by atoms with Crippen LogP contribution in [-0.4, -0.2) is 46.5 Å². The van der Waals surface area contributed by atoms with E-state index in [9.17, 15) is 9.18 Å². The van der Waals surface area contributed by atoms with Crippen LogP contribution in [0.2, 0.25) is 5.02 Å². The quantitative estimate of drug-likeness (QED) is 0.552. The van der Waals surface area contributed by atoms with Gasteiger partial charge >= 0.3 is 0 Å². The normalized spacial score (nSPS) is 17.7. The minimum atomic E-state index is -0.479. The lowest BCUT2D eigenvalue weighted by Crippen LogP contribution is -2.45. The van der Waals surface area contributed by atoms with Crippen LogP contribution in [0.5, 0.6) is 0 Å². The number of thiophene rings is 1. The van der Waals surface area contributed by atoms with Crippen molar-refractivity contribution in [3.05, 3.63) is 46.3 Å². The number of carbonyl (C=O) groups excluding carboxylic acids is 1. The van der Waals surface area contributed by atoms with Gasteiger partial charge in [-0.2, -0.15) is 0 Å². The number of amides is 1. The largest absolute Gasteiger partial charge is 0.349 e. The van der Waals surface area contributed by atoms with Crippen molar-refractivity contribution in [3.63, 3.8) is 0 Å². The van der Waals surface area contributed by atoms with E-state index in [2.05, 4.69) is 25.5 Å². The number of hydrogen-bond acceptors (Lipinski definition) is 6. The molecule has 31 heavy (non-hydrogen) atoms. The fourth-order valence-electron chi connectivity index (χ4n) is 3.96. The van der Waals surface area contributed by atoms with Gasteiger partial charge in [-0.15, -0.1) is 11.3 Å². The fourth-order valence-corrected chi connectivity index (χ4v) is 5.04. The Balaban J connectivity index is 1.26. The van der Waals surface area contributed by atoms with Crippen LogP contribution in [0.4, 0.5) is 15.9 Å². The van der Waals surface area contributed by atoms with Gasteiger partial charge < -0.3 is 15.5 Å². The molecule has 162 valence electrons. The van der Waals surface area contributed by atoms with Gasteiger partial charge in [-0.25, -0.2) is 14.4 Å². The predicted molar refractivity (Wildman–Crippen MR) is 122 cm³/mol. The number of hydrogen-bond donors (Lipinski definition) is 2. The Labute approximate surface area is 188 Å². The van der Waals surface area contributed by atoms with E-state index in [0.29, 0.717) is 16.4 Å². The van der Waals surface area contributed by atoms with Crippen molar-refractivity contribution < 1.29 is 9.18 Å². The van der Waals surface area contributed by atoms with Crippen LogP contribution in [0.25, 0.3) is 10.2 Å². The number of fused-ring (bicyclic) bond motifs is 1. The average molecular weight is 460 g/mol. The van der Waals surface area contributed by atoms with E-state index in [1.54, 1.807) is 6.07 Å². The highest BCUT2D eigenvalue weighted by atomic mass is 35.5. The second-order valence-electron chi connectivity index (χ2n) is 8.30. The molecule has 9 heteroatoms. The first-order valence-electron chi connectivity index (χ1n) is 10.5. The van der Waals surface area contributed by atoms with E-state index in [1.807, 2.05) is 6.07 Å². The Morgan fingerprint density at radius 3 is 2.74 bits per heavy atom. The van der Waals surface area contributed by atoms with Gasteiger partial charge in [0.25, 0.3) is 5.91 Å². The molecule has 1 saturated heterocycles. The van der Waals surface area contributed by atoms with Crippen LogP contribution in [0.15, 0.2) is 30.6 Å². The smallest absolute Gasteiger partial charge is 0.261 e. The summed E-state index contributed by atoms with van der Waals surface area (Å²) >= 11 is 7.21. The molecule has 1 aliphatic heterocycles. The van der Waals surface area contributed by atoms with E-state index < -0.39 is 5.82 Å². The molecule has 1 aromatic carbocycles. The summed E-state index contributed by atoms with van der Waals surface area (Å²) < 4.78 is 13.4. The molecule has 0 bridgehead atoms. The van der Waals surface area contributed by atoms with Crippen molar-refractivity contribution >= 4 is 50.6 Å². The minimum absolute atomic E-state index is 0.0314. The molecule has 2 N–H and O–H groups in total. The highest BCUT2D eigenvalue weighted by Crippen LogP contribution is 2.32. The third kappa shape index (κ3) is 4.81. The molecule has 2 fully saturated rings. The van der Waals surface area contributed by atoms with Crippen LogP contribution in [0.3, 0.4) is 0 Å². The number of piperidine rings is 1. The molecule has 0 atom stereocenters. The number of benzene rings is 1. The summed E-state index contributed by atoms with van der Waals surface area (Å²) in [7, 11) is 0. The van der Waals surface area contributed by atoms with Crippen molar-refractivity contribution in [1.29, 1.82) is 0 Å². The molecule has 1 aliphatic carbocycles. The number of nitrogens with zero attached hydrogens (tertiary/aromatic N) is 3. The summed E-state index contributed by atoms with van der Waals surface area (Å²) in [6, 6.07) is 6.40. The van der Waals surface area contributed by atoms with E-state index in [1.165, 1.54) is 49.2 Å². The van der Waals surface area contributed by atoms with Gasteiger partial charge in [0.2, 0.25) is 0 Å². The van der Waals surface area contributed by atoms with Crippen LogP contribution >= 0.6 is 22.9 Å². The first-order valence-corrected chi connectivity index (χ1v) is 11.7. The van der Waals surface area contributed by atoms with Gasteiger partial charge in [0.05, 0.1) is 15.3 Å². The van der Waals surface area contributed by atoms with E-state index in [-0.39, 0.29) is 17.0 Å². The SMILES string of the molecule is O=C(NC1CCN(CC2CC2)CC1)c1cc2c(Nc3ccc(F)c(Cl)c3)ncnc2s1. The van der Waals surface area contributed by atoms with Crippen molar-refractivity contribution in [2.24, 2.45) is 5.92 Å². The van der Waals surface area contributed by atoms with Crippen LogP contribution in [-0.2, 0) is 0 Å². The van der Waals surface area contributed by atoms with Gasteiger partial charge in [0.1, 0.15) is 22.8 Å².